The highest BCUT2D eigenvalue weighted by Crippen LogP contribution is 2.15. The second-order valence-electron chi connectivity index (χ2n) is 6.69. The molecule has 7 nitrogen and oxygen atoms in total. The number of hydrogen-bond donors (Lipinski definition) is 2. The molecule has 1 aliphatic heterocycles. The minimum atomic E-state index is -1.09. The predicted octanol–water partition coefficient (Wildman–Crippen LogP) is 1.55. The molecule has 2 unspecified atom stereocenters. The molecule has 1 saturated heterocycles. The number of amides is 2. The number of nitrogens with zero attached hydrogens (tertiary/aromatic N) is 1. The van der Waals surface area contributed by atoms with Crippen LogP contribution in [0.1, 0.15) is 29.3 Å². The summed E-state index contributed by atoms with van der Waals surface area (Å²) < 4.78 is 5.37. The van der Waals surface area contributed by atoms with Crippen LogP contribution in [0.5, 0.6) is 0 Å². The smallest absolute Gasteiger partial charge is 0.334 e. The SMILES string of the molecule is CSCCC(NC(=O)c1cccc(C)c1)C(=O)N1CC(C(=O)O)O[C@H](C)C1. The summed E-state index contributed by atoms with van der Waals surface area (Å²) in [4.78, 5) is 38.3. The monoisotopic (exact) mass is 394 g/mol. The highest BCUT2D eigenvalue weighted by molar-refractivity contribution is 7.98. The molecular formula is C19H26N2O5S. The van der Waals surface area contributed by atoms with Crippen LogP contribution in [0.25, 0.3) is 0 Å². The van der Waals surface area contributed by atoms with Crippen LogP contribution in [0.3, 0.4) is 0 Å². The van der Waals surface area contributed by atoms with Gasteiger partial charge in [0.2, 0.25) is 5.91 Å². The molecule has 148 valence electrons. The van der Waals surface area contributed by atoms with Gasteiger partial charge in [0.1, 0.15) is 6.04 Å². The number of carboxylic acids is 1. The summed E-state index contributed by atoms with van der Waals surface area (Å²) >= 11 is 1.58. The van der Waals surface area contributed by atoms with E-state index in [9.17, 15) is 19.5 Å². The first kappa shape index (κ1) is 21.2. The largest absolute Gasteiger partial charge is 0.479 e. The first-order valence-corrected chi connectivity index (χ1v) is 10.2. The van der Waals surface area contributed by atoms with E-state index in [1.807, 2.05) is 19.2 Å². The average molecular weight is 394 g/mol. The van der Waals surface area contributed by atoms with Crippen molar-refractivity contribution in [3.63, 3.8) is 0 Å². The van der Waals surface area contributed by atoms with Crippen molar-refractivity contribution in [1.29, 1.82) is 0 Å². The lowest BCUT2D eigenvalue weighted by Gasteiger charge is -2.36. The zero-order chi connectivity index (χ0) is 20.0. The van der Waals surface area contributed by atoms with E-state index in [2.05, 4.69) is 5.32 Å². The molecule has 0 radical (unpaired) electrons. The van der Waals surface area contributed by atoms with E-state index in [-0.39, 0.29) is 24.5 Å². The average Bonchev–Trinajstić information content (AvgIpc) is 2.63. The lowest BCUT2D eigenvalue weighted by atomic mass is 10.1. The van der Waals surface area contributed by atoms with Crippen molar-refractivity contribution in [2.45, 2.75) is 38.5 Å². The van der Waals surface area contributed by atoms with E-state index in [1.54, 1.807) is 36.9 Å². The molecule has 2 N–H and O–H groups in total. The van der Waals surface area contributed by atoms with Gasteiger partial charge in [-0.25, -0.2) is 4.79 Å². The van der Waals surface area contributed by atoms with Crippen molar-refractivity contribution >= 4 is 29.5 Å². The molecule has 0 aliphatic carbocycles. The Hall–Kier alpha value is -2.06. The normalized spacial score (nSPS) is 20.8. The molecule has 8 heteroatoms. The van der Waals surface area contributed by atoms with Gasteiger partial charge in [-0.2, -0.15) is 11.8 Å². The molecule has 0 saturated carbocycles. The summed E-state index contributed by atoms with van der Waals surface area (Å²) in [5, 5.41) is 12.0. The molecule has 2 rings (SSSR count). The van der Waals surface area contributed by atoms with Gasteiger partial charge in [-0.3, -0.25) is 9.59 Å². The Kier molecular flexibility index (Phi) is 7.67. The number of thioether (sulfide) groups is 1. The molecule has 3 atom stereocenters. The molecule has 0 spiro atoms. The standard InChI is InChI=1S/C19H26N2O5S/c1-12-5-4-6-14(9-12)17(22)20-15(7-8-27-3)18(23)21-10-13(2)26-16(11-21)19(24)25/h4-6,9,13,15-16H,7-8,10-11H2,1-3H3,(H,20,22)(H,24,25)/t13-,15?,16?/m1/s1. The summed E-state index contributed by atoms with van der Waals surface area (Å²) in [5.74, 6) is -0.975. The molecule has 1 aliphatic rings. The van der Waals surface area contributed by atoms with E-state index in [1.165, 1.54) is 4.90 Å². The maximum Gasteiger partial charge on any atom is 0.334 e. The Morgan fingerprint density at radius 1 is 1.37 bits per heavy atom. The third-order valence-electron chi connectivity index (χ3n) is 4.34. The van der Waals surface area contributed by atoms with Crippen molar-refractivity contribution in [2.75, 3.05) is 25.1 Å². The molecular weight excluding hydrogens is 368 g/mol. The molecule has 1 aromatic carbocycles. The fourth-order valence-electron chi connectivity index (χ4n) is 3.01. The Morgan fingerprint density at radius 2 is 2.11 bits per heavy atom. The van der Waals surface area contributed by atoms with Gasteiger partial charge in [0.25, 0.3) is 5.91 Å². The third kappa shape index (κ3) is 5.97. The number of carboxylic acid groups (broad SMARTS) is 1. The van der Waals surface area contributed by atoms with Gasteiger partial charge in [-0.15, -0.1) is 0 Å². The fourth-order valence-corrected chi connectivity index (χ4v) is 3.48. The number of aryl methyl sites for hydroxylation is 1. The number of rotatable bonds is 7. The second kappa shape index (κ2) is 9.75. The highest BCUT2D eigenvalue weighted by atomic mass is 32.2. The number of aliphatic carboxylic acids is 1. The van der Waals surface area contributed by atoms with Crippen LogP contribution in [0, 0.1) is 6.92 Å². The Morgan fingerprint density at radius 3 is 2.74 bits per heavy atom. The van der Waals surface area contributed by atoms with E-state index in [0.717, 1.165) is 5.56 Å². The van der Waals surface area contributed by atoms with Gasteiger partial charge >= 0.3 is 5.97 Å². The van der Waals surface area contributed by atoms with Crippen LogP contribution >= 0.6 is 11.8 Å². The Labute approximate surface area is 163 Å². The van der Waals surface area contributed by atoms with Crippen LogP contribution in [-0.4, -0.2) is 71.1 Å². The molecule has 0 bridgehead atoms. The maximum atomic E-state index is 13.0. The maximum absolute atomic E-state index is 13.0. The summed E-state index contributed by atoms with van der Waals surface area (Å²) in [6.45, 7) is 3.92. The molecule has 27 heavy (non-hydrogen) atoms. The van der Waals surface area contributed by atoms with Crippen molar-refractivity contribution < 1.29 is 24.2 Å². The van der Waals surface area contributed by atoms with E-state index >= 15 is 0 Å². The van der Waals surface area contributed by atoms with Crippen LogP contribution in [0.2, 0.25) is 0 Å². The van der Waals surface area contributed by atoms with Gasteiger partial charge in [-0.05, 0) is 44.4 Å². The summed E-state index contributed by atoms with van der Waals surface area (Å²) in [6.07, 6.45) is 0.978. The molecule has 1 heterocycles. The predicted molar refractivity (Wildman–Crippen MR) is 104 cm³/mol. The zero-order valence-electron chi connectivity index (χ0n) is 15.8. The number of carbonyl (C=O) groups excluding carboxylic acids is 2. The second-order valence-corrected chi connectivity index (χ2v) is 7.68. The number of carbonyl (C=O) groups is 3. The minimum Gasteiger partial charge on any atom is -0.479 e. The van der Waals surface area contributed by atoms with E-state index in [4.69, 9.17) is 4.74 Å². The van der Waals surface area contributed by atoms with Crippen molar-refractivity contribution in [3.8, 4) is 0 Å². The van der Waals surface area contributed by atoms with Gasteiger partial charge in [0.15, 0.2) is 6.10 Å². The number of ether oxygens (including phenoxy) is 1. The lowest BCUT2D eigenvalue weighted by molar-refractivity contribution is -0.167. The van der Waals surface area contributed by atoms with Crippen molar-refractivity contribution in [3.05, 3.63) is 35.4 Å². The summed E-state index contributed by atoms with van der Waals surface area (Å²) in [7, 11) is 0. The summed E-state index contributed by atoms with van der Waals surface area (Å²) in [6, 6.07) is 6.46. The van der Waals surface area contributed by atoms with Crippen molar-refractivity contribution in [2.24, 2.45) is 0 Å². The Balaban J connectivity index is 2.13. The zero-order valence-corrected chi connectivity index (χ0v) is 16.6. The van der Waals surface area contributed by atoms with Crippen molar-refractivity contribution in [1.82, 2.24) is 10.2 Å². The van der Waals surface area contributed by atoms with Crippen LogP contribution < -0.4 is 5.32 Å². The number of benzene rings is 1. The first-order valence-electron chi connectivity index (χ1n) is 8.85. The van der Waals surface area contributed by atoms with Crippen LogP contribution in [0.4, 0.5) is 0 Å². The molecule has 2 amide bonds. The number of morpholine rings is 1. The van der Waals surface area contributed by atoms with Gasteiger partial charge in [0, 0.05) is 12.1 Å². The van der Waals surface area contributed by atoms with Gasteiger partial charge in [0.05, 0.1) is 12.6 Å². The van der Waals surface area contributed by atoms with Gasteiger partial charge in [-0.1, -0.05) is 17.7 Å². The first-order chi connectivity index (χ1) is 12.8. The molecule has 1 aromatic rings. The van der Waals surface area contributed by atoms with Gasteiger partial charge < -0.3 is 20.1 Å². The van der Waals surface area contributed by atoms with E-state index < -0.39 is 18.1 Å². The number of hydrogen-bond acceptors (Lipinski definition) is 5. The third-order valence-corrected chi connectivity index (χ3v) is 4.99. The lowest BCUT2D eigenvalue weighted by Crippen LogP contribution is -2.57. The molecule has 1 fully saturated rings. The van der Waals surface area contributed by atoms with Crippen LogP contribution in [-0.2, 0) is 14.3 Å². The topological polar surface area (TPSA) is 95.9 Å². The minimum absolute atomic E-state index is 0.0193. The van der Waals surface area contributed by atoms with E-state index in [0.29, 0.717) is 24.3 Å². The number of nitrogens with one attached hydrogen (secondary N) is 1. The quantitative estimate of drug-likeness (QED) is 0.728. The van der Waals surface area contributed by atoms with Crippen LogP contribution in [0.15, 0.2) is 24.3 Å². The Bertz CT molecular complexity index is 696. The highest BCUT2D eigenvalue weighted by Gasteiger charge is 2.35. The fraction of sp³-hybridized carbons (Fsp3) is 0.526. The molecule has 0 aromatic heterocycles. The summed E-state index contributed by atoms with van der Waals surface area (Å²) in [5.41, 5.74) is 1.46.